The Balaban J connectivity index is 1.95. The molecule has 2 fully saturated rings. The Bertz CT molecular complexity index is 226. The fourth-order valence-electron chi connectivity index (χ4n) is 2.99. The third kappa shape index (κ3) is 2.41. The van der Waals surface area contributed by atoms with Gasteiger partial charge in [0.1, 0.15) is 0 Å². The van der Waals surface area contributed by atoms with Crippen LogP contribution in [0.3, 0.4) is 0 Å². The molecule has 3 heteroatoms. The first-order chi connectivity index (χ1) is 7.67. The minimum Gasteiger partial charge on any atom is -0.378 e. The lowest BCUT2D eigenvalue weighted by molar-refractivity contribution is -0.103. The normalized spacial score (nSPS) is 38.8. The van der Waals surface area contributed by atoms with Crippen LogP contribution in [-0.4, -0.2) is 31.5 Å². The summed E-state index contributed by atoms with van der Waals surface area (Å²) < 4.78 is 11.4. The van der Waals surface area contributed by atoms with Gasteiger partial charge in [-0.05, 0) is 24.7 Å². The summed E-state index contributed by atoms with van der Waals surface area (Å²) in [5.74, 6) is 1.23. The molecule has 0 bridgehead atoms. The van der Waals surface area contributed by atoms with E-state index in [1.165, 1.54) is 6.42 Å². The van der Waals surface area contributed by atoms with Crippen LogP contribution in [0.2, 0.25) is 0 Å². The predicted molar refractivity (Wildman–Crippen MR) is 64.3 cm³/mol. The standard InChI is InChI=1S/C13H25NO2/c1-3-10(2)12(14)11-4-6-16-13(8-11)5-7-15-9-13/h10-12H,3-9,14H2,1-2H3. The SMILES string of the molecule is CCC(C)C(N)C1CCOC2(CCOC2)C1. The van der Waals surface area contributed by atoms with E-state index in [2.05, 4.69) is 13.8 Å². The van der Waals surface area contributed by atoms with E-state index in [9.17, 15) is 0 Å². The van der Waals surface area contributed by atoms with Crippen LogP contribution in [0.4, 0.5) is 0 Å². The highest BCUT2D eigenvalue weighted by atomic mass is 16.6. The molecule has 0 saturated carbocycles. The van der Waals surface area contributed by atoms with Crippen LogP contribution < -0.4 is 5.73 Å². The van der Waals surface area contributed by atoms with Gasteiger partial charge in [0.15, 0.2) is 0 Å². The first-order valence-electron chi connectivity index (χ1n) is 6.64. The van der Waals surface area contributed by atoms with Gasteiger partial charge in [-0.15, -0.1) is 0 Å². The Hall–Kier alpha value is -0.120. The van der Waals surface area contributed by atoms with E-state index in [-0.39, 0.29) is 5.60 Å². The molecule has 3 nitrogen and oxygen atoms in total. The largest absolute Gasteiger partial charge is 0.378 e. The molecule has 2 heterocycles. The summed E-state index contributed by atoms with van der Waals surface area (Å²) in [6.07, 6.45) is 4.44. The lowest BCUT2D eigenvalue weighted by Gasteiger charge is -2.40. The van der Waals surface area contributed by atoms with Crippen molar-refractivity contribution in [1.29, 1.82) is 0 Å². The van der Waals surface area contributed by atoms with Crippen LogP contribution in [0.25, 0.3) is 0 Å². The Morgan fingerprint density at radius 2 is 2.25 bits per heavy atom. The number of rotatable bonds is 3. The van der Waals surface area contributed by atoms with Gasteiger partial charge in [0, 0.05) is 25.7 Å². The molecule has 4 unspecified atom stereocenters. The lowest BCUT2D eigenvalue weighted by Crippen LogP contribution is -2.47. The van der Waals surface area contributed by atoms with Crippen LogP contribution in [0.5, 0.6) is 0 Å². The van der Waals surface area contributed by atoms with Gasteiger partial charge in [-0.1, -0.05) is 20.3 Å². The summed E-state index contributed by atoms with van der Waals surface area (Å²) in [7, 11) is 0. The summed E-state index contributed by atoms with van der Waals surface area (Å²) in [6.45, 7) is 6.97. The van der Waals surface area contributed by atoms with Gasteiger partial charge in [0.05, 0.1) is 12.2 Å². The molecule has 94 valence electrons. The summed E-state index contributed by atoms with van der Waals surface area (Å²) in [5, 5.41) is 0. The molecule has 0 aromatic rings. The zero-order chi connectivity index (χ0) is 11.6. The van der Waals surface area contributed by atoms with Crippen molar-refractivity contribution in [3.63, 3.8) is 0 Å². The minimum absolute atomic E-state index is 0.00793. The number of hydrogen-bond acceptors (Lipinski definition) is 3. The molecule has 1 spiro atoms. The highest BCUT2D eigenvalue weighted by molar-refractivity contribution is 4.93. The molecule has 2 aliphatic heterocycles. The zero-order valence-corrected chi connectivity index (χ0v) is 10.6. The molecule has 4 atom stereocenters. The van der Waals surface area contributed by atoms with Crippen molar-refractivity contribution in [2.45, 2.75) is 51.2 Å². The van der Waals surface area contributed by atoms with E-state index in [1.54, 1.807) is 0 Å². The number of nitrogens with two attached hydrogens (primary N) is 1. The van der Waals surface area contributed by atoms with Crippen LogP contribution in [0.15, 0.2) is 0 Å². The van der Waals surface area contributed by atoms with Gasteiger partial charge in [-0.25, -0.2) is 0 Å². The quantitative estimate of drug-likeness (QED) is 0.801. The van der Waals surface area contributed by atoms with E-state index in [0.717, 1.165) is 39.1 Å². The molecule has 16 heavy (non-hydrogen) atoms. The Kier molecular flexibility index (Phi) is 3.88. The summed E-state index contributed by atoms with van der Waals surface area (Å²) in [4.78, 5) is 0. The summed E-state index contributed by atoms with van der Waals surface area (Å²) in [6, 6.07) is 0.325. The van der Waals surface area contributed by atoms with Gasteiger partial charge in [0.25, 0.3) is 0 Å². The Morgan fingerprint density at radius 3 is 2.88 bits per heavy atom. The van der Waals surface area contributed by atoms with E-state index in [1.807, 2.05) is 0 Å². The maximum Gasteiger partial charge on any atom is 0.0939 e. The van der Waals surface area contributed by atoms with Gasteiger partial charge in [0.2, 0.25) is 0 Å². The first-order valence-corrected chi connectivity index (χ1v) is 6.64. The van der Waals surface area contributed by atoms with Crippen molar-refractivity contribution >= 4 is 0 Å². The van der Waals surface area contributed by atoms with E-state index >= 15 is 0 Å². The Morgan fingerprint density at radius 1 is 1.44 bits per heavy atom. The van der Waals surface area contributed by atoms with Gasteiger partial charge in [-0.2, -0.15) is 0 Å². The van der Waals surface area contributed by atoms with Gasteiger partial charge < -0.3 is 15.2 Å². The predicted octanol–water partition coefficient (Wildman–Crippen LogP) is 1.95. The van der Waals surface area contributed by atoms with E-state index < -0.39 is 0 Å². The number of hydrogen-bond donors (Lipinski definition) is 1. The minimum atomic E-state index is 0.00793. The second-order valence-electron chi connectivity index (χ2n) is 5.55. The van der Waals surface area contributed by atoms with E-state index in [0.29, 0.717) is 17.9 Å². The van der Waals surface area contributed by atoms with Crippen molar-refractivity contribution in [3.8, 4) is 0 Å². The molecule has 2 aliphatic rings. The highest BCUT2D eigenvalue weighted by Gasteiger charge is 2.42. The number of ether oxygens (including phenoxy) is 2. The second-order valence-corrected chi connectivity index (χ2v) is 5.55. The van der Waals surface area contributed by atoms with Gasteiger partial charge >= 0.3 is 0 Å². The molecule has 2 rings (SSSR count). The second kappa shape index (κ2) is 5.03. The molecule has 0 aromatic carbocycles. The zero-order valence-electron chi connectivity index (χ0n) is 10.6. The van der Waals surface area contributed by atoms with Crippen molar-refractivity contribution in [3.05, 3.63) is 0 Å². The average Bonchev–Trinajstić information content (AvgIpc) is 2.75. The molecule has 0 radical (unpaired) electrons. The lowest BCUT2D eigenvalue weighted by atomic mass is 9.77. The first kappa shape index (κ1) is 12.3. The molecule has 0 aliphatic carbocycles. The van der Waals surface area contributed by atoms with Crippen LogP contribution >= 0.6 is 0 Å². The molecule has 2 N–H and O–H groups in total. The molecular weight excluding hydrogens is 202 g/mol. The highest BCUT2D eigenvalue weighted by Crippen LogP contribution is 2.38. The monoisotopic (exact) mass is 227 g/mol. The average molecular weight is 227 g/mol. The summed E-state index contributed by atoms with van der Waals surface area (Å²) >= 11 is 0. The molecule has 2 saturated heterocycles. The molecule has 0 aromatic heterocycles. The van der Waals surface area contributed by atoms with Crippen molar-refractivity contribution in [2.75, 3.05) is 19.8 Å². The van der Waals surface area contributed by atoms with Crippen molar-refractivity contribution in [1.82, 2.24) is 0 Å². The topological polar surface area (TPSA) is 44.5 Å². The molecular formula is C13H25NO2. The molecule has 0 amide bonds. The van der Waals surface area contributed by atoms with Crippen LogP contribution in [0.1, 0.15) is 39.5 Å². The summed E-state index contributed by atoms with van der Waals surface area (Å²) in [5.41, 5.74) is 6.36. The van der Waals surface area contributed by atoms with Crippen molar-refractivity contribution in [2.24, 2.45) is 17.6 Å². The van der Waals surface area contributed by atoms with E-state index in [4.69, 9.17) is 15.2 Å². The smallest absolute Gasteiger partial charge is 0.0939 e. The maximum absolute atomic E-state index is 6.36. The van der Waals surface area contributed by atoms with Gasteiger partial charge in [-0.3, -0.25) is 0 Å². The maximum atomic E-state index is 6.36. The van der Waals surface area contributed by atoms with Crippen LogP contribution in [0, 0.1) is 11.8 Å². The Labute approximate surface area is 98.7 Å². The fraction of sp³-hybridized carbons (Fsp3) is 1.00. The third-order valence-electron chi connectivity index (χ3n) is 4.44. The third-order valence-corrected chi connectivity index (χ3v) is 4.44. The van der Waals surface area contributed by atoms with Crippen molar-refractivity contribution < 1.29 is 9.47 Å². The van der Waals surface area contributed by atoms with Crippen LogP contribution in [-0.2, 0) is 9.47 Å². The fourth-order valence-corrected chi connectivity index (χ4v) is 2.99.